The van der Waals surface area contributed by atoms with Crippen LogP contribution in [0.3, 0.4) is 0 Å². The summed E-state index contributed by atoms with van der Waals surface area (Å²) in [5, 5.41) is 3.16. The Bertz CT molecular complexity index is 1070. The number of aryl methyl sites for hydroxylation is 1. The molecule has 0 spiro atoms. The van der Waals surface area contributed by atoms with E-state index in [0.29, 0.717) is 31.9 Å². The molecule has 0 bridgehead atoms. The molecule has 1 fully saturated rings. The Kier molecular flexibility index (Phi) is 5.92. The van der Waals surface area contributed by atoms with E-state index in [2.05, 4.69) is 35.1 Å². The van der Waals surface area contributed by atoms with E-state index in [1.54, 1.807) is 16.2 Å². The largest absolute Gasteiger partial charge is 0.375 e. The van der Waals surface area contributed by atoms with Crippen LogP contribution in [0, 0.1) is 6.92 Å². The van der Waals surface area contributed by atoms with E-state index in [0.717, 1.165) is 10.2 Å². The van der Waals surface area contributed by atoms with Gasteiger partial charge in [0.1, 0.15) is 17.1 Å². The number of aromatic nitrogens is 1. The van der Waals surface area contributed by atoms with Gasteiger partial charge < -0.3 is 19.1 Å². The molecule has 1 aliphatic rings. The monoisotopic (exact) mass is 425 g/mol. The van der Waals surface area contributed by atoms with Crippen molar-refractivity contribution in [1.82, 2.24) is 14.4 Å². The van der Waals surface area contributed by atoms with E-state index < -0.39 is 0 Å². The van der Waals surface area contributed by atoms with Crippen molar-refractivity contribution in [3.63, 3.8) is 0 Å². The van der Waals surface area contributed by atoms with Gasteiger partial charge >= 0.3 is 0 Å². The fourth-order valence-corrected chi connectivity index (χ4v) is 5.04. The average molecular weight is 426 g/mol. The van der Waals surface area contributed by atoms with Crippen molar-refractivity contribution in [3.8, 4) is 0 Å². The summed E-state index contributed by atoms with van der Waals surface area (Å²) in [5.41, 5.74) is 3.14. The van der Waals surface area contributed by atoms with E-state index in [4.69, 9.17) is 4.74 Å². The molecule has 3 heterocycles. The Balaban J connectivity index is 1.59. The van der Waals surface area contributed by atoms with Gasteiger partial charge in [-0.3, -0.25) is 9.59 Å². The maximum Gasteiger partial charge on any atom is 0.270 e. The molecule has 1 aliphatic heterocycles. The van der Waals surface area contributed by atoms with Crippen LogP contribution in [0.4, 0.5) is 0 Å². The molecule has 0 aliphatic carbocycles. The third-order valence-electron chi connectivity index (χ3n) is 5.81. The van der Waals surface area contributed by atoms with Crippen molar-refractivity contribution in [2.75, 3.05) is 33.4 Å². The average Bonchev–Trinajstić information content (AvgIpc) is 3.31. The van der Waals surface area contributed by atoms with Crippen LogP contribution in [0.15, 0.2) is 41.8 Å². The van der Waals surface area contributed by atoms with Crippen LogP contribution in [-0.4, -0.2) is 65.6 Å². The smallest absolute Gasteiger partial charge is 0.270 e. The van der Waals surface area contributed by atoms with Crippen LogP contribution in [0.1, 0.15) is 28.5 Å². The summed E-state index contributed by atoms with van der Waals surface area (Å²) in [6.45, 7) is 6.41. The first kappa shape index (κ1) is 20.6. The SMILES string of the molecule is COCC(=O)N1CCN(C(=O)c2cc3ccsc3n2Cc2ccccc2C)C[C@@H]1C. The standard InChI is InChI=1S/C23H27N3O3S/c1-16-6-4-5-7-19(16)14-26-20(12-18-8-11-30-23(18)26)22(28)24-9-10-25(17(2)13-24)21(27)15-29-3/h4-8,11-12,17H,9-10,13-15H2,1-3H3/t17-/m0/s1. The summed E-state index contributed by atoms with van der Waals surface area (Å²) in [5.74, 6) is -0.00165. The topological polar surface area (TPSA) is 54.8 Å². The number of nitrogens with zero attached hydrogens (tertiary/aromatic N) is 3. The lowest BCUT2D eigenvalue weighted by atomic mass is 10.1. The van der Waals surface area contributed by atoms with E-state index in [-0.39, 0.29) is 24.5 Å². The van der Waals surface area contributed by atoms with Crippen LogP contribution in [-0.2, 0) is 16.1 Å². The summed E-state index contributed by atoms with van der Waals surface area (Å²) >= 11 is 1.66. The molecule has 2 aromatic heterocycles. The summed E-state index contributed by atoms with van der Waals surface area (Å²) in [4.78, 5) is 30.5. The molecular formula is C23H27N3O3S. The third kappa shape index (κ3) is 3.87. The Morgan fingerprint density at radius 1 is 1.20 bits per heavy atom. The maximum atomic E-state index is 13.5. The number of methoxy groups -OCH3 is 1. The van der Waals surface area contributed by atoms with Gasteiger partial charge in [-0.25, -0.2) is 0 Å². The zero-order chi connectivity index (χ0) is 21.3. The van der Waals surface area contributed by atoms with Crippen LogP contribution in [0.5, 0.6) is 0 Å². The molecule has 3 aromatic rings. The number of thiophene rings is 1. The predicted octanol–water partition coefficient (Wildman–Crippen LogP) is 3.38. The second kappa shape index (κ2) is 8.62. The predicted molar refractivity (Wildman–Crippen MR) is 119 cm³/mol. The number of carbonyl (C=O) groups is 2. The fourth-order valence-electron chi connectivity index (χ4n) is 4.15. The molecule has 0 saturated carbocycles. The molecule has 1 atom stereocenters. The Morgan fingerprint density at radius 2 is 2.00 bits per heavy atom. The second-order valence-electron chi connectivity index (χ2n) is 7.84. The number of piperazine rings is 1. The summed E-state index contributed by atoms with van der Waals surface area (Å²) < 4.78 is 7.12. The van der Waals surface area contributed by atoms with Crippen LogP contribution in [0.25, 0.3) is 10.2 Å². The van der Waals surface area contributed by atoms with Crippen molar-refractivity contribution in [2.24, 2.45) is 0 Å². The molecule has 0 unspecified atom stereocenters. The zero-order valence-electron chi connectivity index (χ0n) is 17.6. The highest BCUT2D eigenvalue weighted by Gasteiger charge is 2.31. The Morgan fingerprint density at radius 3 is 2.73 bits per heavy atom. The molecule has 1 aromatic carbocycles. The summed E-state index contributed by atoms with van der Waals surface area (Å²) in [7, 11) is 1.52. The number of rotatable bonds is 5. The van der Waals surface area contributed by atoms with Crippen LogP contribution in [0.2, 0.25) is 0 Å². The van der Waals surface area contributed by atoms with Gasteiger partial charge in [-0.1, -0.05) is 24.3 Å². The Labute approximate surface area is 180 Å². The summed E-state index contributed by atoms with van der Waals surface area (Å²) in [6.07, 6.45) is 0. The molecule has 7 heteroatoms. The van der Waals surface area contributed by atoms with Gasteiger partial charge in [0.15, 0.2) is 0 Å². The second-order valence-corrected chi connectivity index (χ2v) is 8.74. The number of benzene rings is 1. The molecule has 1 saturated heterocycles. The normalized spacial score (nSPS) is 17.0. The van der Waals surface area contributed by atoms with Gasteiger partial charge in [0.05, 0.1) is 0 Å². The highest BCUT2D eigenvalue weighted by molar-refractivity contribution is 7.16. The lowest BCUT2D eigenvalue weighted by Crippen LogP contribution is -2.56. The molecular weight excluding hydrogens is 398 g/mol. The molecule has 158 valence electrons. The van der Waals surface area contributed by atoms with Gasteiger partial charge in [0.25, 0.3) is 5.91 Å². The van der Waals surface area contributed by atoms with Crippen LogP contribution < -0.4 is 0 Å². The highest BCUT2D eigenvalue weighted by atomic mass is 32.1. The third-order valence-corrected chi connectivity index (χ3v) is 6.77. The number of amides is 2. The van der Waals surface area contributed by atoms with E-state index in [9.17, 15) is 9.59 Å². The first-order valence-electron chi connectivity index (χ1n) is 10.2. The zero-order valence-corrected chi connectivity index (χ0v) is 18.4. The van der Waals surface area contributed by atoms with E-state index in [1.165, 1.54) is 18.2 Å². The lowest BCUT2D eigenvalue weighted by molar-refractivity contribution is -0.139. The van der Waals surface area contributed by atoms with Crippen molar-refractivity contribution in [1.29, 1.82) is 0 Å². The minimum Gasteiger partial charge on any atom is -0.375 e. The van der Waals surface area contributed by atoms with Crippen molar-refractivity contribution < 1.29 is 14.3 Å². The first-order valence-corrected chi connectivity index (χ1v) is 11.1. The van der Waals surface area contributed by atoms with Crippen molar-refractivity contribution in [3.05, 3.63) is 58.6 Å². The first-order chi connectivity index (χ1) is 14.5. The number of ether oxygens (including phenoxy) is 1. The van der Waals surface area contributed by atoms with E-state index in [1.807, 2.05) is 30.0 Å². The fraction of sp³-hybridized carbons (Fsp3) is 0.391. The highest BCUT2D eigenvalue weighted by Crippen LogP contribution is 2.28. The number of carbonyl (C=O) groups excluding carboxylic acids is 2. The quantitative estimate of drug-likeness (QED) is 0.630. The molecule has 4 rings (SSSR count). The number of hydrogen-bond donors (Lipinski definition) is 0. The molecule has 2 amide bonds. The number of hydrogen-bond acceptors (Lipinski definition) is 4. The lowest BCUT2D eigenvalue weighted by Gasteiger charge is -2.39. The Hall–Kier alpha value is -2.64. The number of fused-ring (bicyclic) bond motifs is 1. The minimum atomic E-state index is -0.0359. The van der Waals surface area contributed by atoms with Gasteiger partial charge in [0, 0.05) is 44.7 Å². The van der Waals surface area contributed by atoms with Gasteiger partial charge in [-0.05, 0) is 42.5 Å². The van der Waals surface area contributed by atoms with Gasteiger partial charge in [-0.2, -0.15) is 0 Å². The van der Waals surface area contributed by atoms with Crippen LogP contribution >= 0.6 is 11.3 Å². The van der Waals surface area contributed by atoms with E-state index >= 15 is 0 Å². The molecule has 0 radical (unpaired) electrons. The molecule has 6 nitrogen and oxygen atoms in total. The molecule has 30 heavy (non-hydrogen) atoms. The summed E-state index contributed by atoms with van der Waals surface area (Å²) in [6, 6.07) is 12.3. The minimum absolute atomic E-state index is 0.0256. The molecule has 0 N–H and O–H groups in total. The maximum absolute atomic E-state index is 13.5. The van der Waals surface area contributed by atoms with Gasteiger partial charge in [-0.15, -0.1) is 11.3 Å². The van der Waals surface area contributed by atoms with Crippen molar-refractivity contribution in [2.45, 2.75) is 26.4 Å². The van der Waals surface area contributed by atoms with Crippen molar-refractivity contribution >= 4 is 33.4 Å². The van der Waals surface area contributed by atoms with Gasteiger partial charge in [0.2, 0.25) is 5.91 Å².